The zero-order valence-electron chi connectivity index (χ0n) is 18.2. The number of carbonyl (C=O) groups excluding carboxylic acids is 1. The van der Waals surface area contributed by atoms with Crippen molar-refractivity contribution in [2.24, 2.45) is 5.92 Å². The Morgan fingerprint density at radius 1 is 1.17 bits per heavy atom. The smallest absolute Gasteiger partial charge is 0.226 e. The van der Waals surface area contributed by atoms with Crippen LogP contribution in [-0.2, 0) is 16.1 Å². The summed E-state index contributed by atoms with van der Waals surface area (Å²) < 4.78 is 12.7. The Bertz CT molecular complexity index is 862. The summed E-state index contributed by atoms with van der Waals surface area (Å²) in [6.07, 6.45) is 5.68. The van der Waals surface area contributed by atoms with E-state index < -0.39 is 0 Å². The molecule has 2 fully saturated rings. The third-order valence-electron chi connectivity index (χ3n) is 6.60. The molecule has 0 aliphatic carbocycles. The molecule has 30 heavy (non-hydrogen) atoms. The van der Waals surface area contributed by atoms with Crippen molar-refractivity contribution in [1.29, 1.82) is 0 Å². The number of hydrogen-bond acceptors (Lipinski definition) is 5. The quantitative estimate of drug-likeness (QED) is 0.756. The molecule has 4 rings (SSSR count). The summed E-state index contributed by atoms with van der Waals surface area (Å²) in [6, 6.07) is 8.36. The summed E-state index contributed by atoms with van der Waals surface area (Å²) >= 11 is 0. The van der Waals surface area contributed by atoms with Crippen LogP contribution in [0.25, 0.3) is 5.69 Å². The number of piperazine rings is 1. The highest BCUT2D eigenvalue weighted by atomic mass is 16.5. The second kappa shape index (κ2) is 9.18. The second-order valence-corrected chi connectivity index (χ2v) is 8.33. The normalized spacial score (nSPS) is 23.5. The second-order valence-electron chi connectivity index (χ2n) is 8.33. The zero-order valence-corrected chi connectivity index (χ0v) is 18.2. The molecule has 0 bridgehead atoms. The van der Waals surface area contributed by atoms with Gasteiger partial charge in [0.2, 0.25) is 5.91 Å². The van der Waals surface area contributed by atoms with Crippen molar-refractivity contribution in [2.45, 2.75) is 45.3 Å². The molecule has 0 saturated carbocycles. The van der Waals surface area contributed by atoms with Gasteiger partial charge in [-0.3, -0.25) is 9.69 Å². The van der Waals surface area contributed by atoms with Crippen LogP contribution < -0.4 is 4.74 Å². The molecule has 162 valence electrons. The van der Waals surface area contributed by atoms with Crippen LogP contribution in [0.2, 0.25) is 0 Å². The Hall–Kier alpha value is -2.38. The Balaban J connectivity index is 1.41. The fraction of sp³-hybridized carbons (Fsp3) is 0.565. The van der Waals surface area contributed by atoms with E-state index in [1.807, 2.05) is 35.1 Å². The maximum Gasteiger partial charge on any atom is 0.226 e. The van der Waals surface area contributed by atoms with Gasteiger partial charge in [-0.05, 0) is 38.8 Å². The average molecular weight is 413 g/mol. The lowest BCUT2D eigenvalue weighted by molar-refractivity contribution is -0.145. The standard InChI is InChI=1S/C23H32N4O3/c1-17-18(2)26(23(28)20-8-12-30-13-9-20)11-10-25(17)15-19-14-24-27(16-19)21-6-4-5-7-22(21)29-3/h4-7,14,16-18,20H,8-13,15H2,1-3H3/t17-,18-/m1/s1. The SMILES string of the molecule is COc1ccccc1-n1cc(CN2CCN(C(=O)C3CCOCC3)[C@H](C)[C@H]2C)cn1. The lowest BCUT2D eigenvalue weighted by Gasteiger charge is -2.46. The first-order valence-electron chi connectivity index (χ1n) is 10.9. The number of ether oxygens (including phenoxy) is 2. The molecule has 3 heterocycles. The van der Waals surface area contributed by atoms with Crippen LogP contribution in [0.5, 0.6) is 5.75 Å². The van der Waals surface area contributed by atoms with Gasteiger partial charge < -0.3 is 14.4 Å². The van der Waals surface area contributed by atoms with Crippen LogP contribution in [0, 0.1) is 5.92 Å². The van der Waals surface area contributed by atoms with Gasteiger partial charge >= 0.3 is 0 Å². The monoisotopic (exact) mass is 412 g/mol. The lowest BCUT2D eigenvalue weighted by Crippen LogP contribution is -2.59. The fourth-order valence-corrected chi connectivity index (χ4v) is 4.55. The van der Waals surface area contributed by atoms with Crippen LogP contribution in [0.15, 0.2) is 36.7 Å². The molecule has 7 nitrogen and oxygen atoms in total. The number of para-hydroxylation sites is 2. The van der Waals surface area contributed by atoms with Crippen LogP contribution in [0.4, 0.5) is 0 Å². The number of methoxy groups -OCH3 is 1. The van der Waals surface area contributed by atoms with Gasteiger partial charge in [0.1, 0.15) is 11.4 Å². The molecule has 2 saturated heterocycles. The number of aromatic nitrogens is 2. The maximum absolute atomic E-state index is 13.0. The Morgan fingerprint density at radius 3 is 2.70 bits per heavy atom. The fourth-order valence-electron chi connectivity index (χ4n) is 4.55. The molecule has 2 aromatic rings. The van der Waals surface area contributed by atoms with Gasteiger partial charge in [-0.15, -0.1) is 0 Å². The molecule has 0 radical (unpaired) electrons. The summed E-state index contributed by atoms with van der Waals surface area (Å²) in [5, 5.41) is 4.54. The summed E-state index contributed by atoms with van der Waals surface area (Å²) in [4.78, 5) is 17.6. The van der Waals surface area contributed by atoms with Crippen LogP contribution in [0.3, 0.4) is 0 Å². The van der Waals surface area contributed by atoms with Crippen molar-refractivity contribution in [1.82, 2.24) is 19.6 Å². The number of nitrogens with zero attached hydrogens (tertiary/aromatic N) is 4. The highest BCUT2D eigenvalue weighted by molar-refractivity contribution is 5.79. The number of benzene rings is 1. The summed E-state index contributed by atoms with van der Waals surface area (Å²) in [5.41, 5.74) is 2.09. The molecular weight excluding hydrogens is 380 g/mol. The van der Waals surface area contributed by atoms with Gasteiger partial charge in [-0.1, -0.05) is 12.1 Å². The number of hydrogen-bond donors (Lipinski definition) is 0. The number of amides is 1. The molecule has 0 N–H and O–H groups in total. The average Bonchev–Trinajstić information content (AvgIpc) is 3.25. The van der Waals surface area contributed by atoms with Gasteiger partial charge in [-0.2, -0.15) is 5.10 Å². The minimum atomic E-state index is 0.124. The van der Waals surface area contributed by atoms with Crippen molar-refractivity contribution in [2.75, 3.05) is 33.4 Å². The van der Waals surface area contributed by atoms with E-state index in [1.165, 1.54) is 0 Å². The first kappa shape index (κ1) is 20.9. The maximum atomic E-state index is 13.0. The minimum absolute atomic E-state index is 0.124. The Kier molecular flexibility index (Phi) is 6.39. The predicted molar refractivity (Wildman–Crippen MR) is 115 cm³/mol. The van der Waals surface area contributed by atoms with Gasteiger partial charge in [0.15, 0.2) is 0 Å². The van der Waals surface area contributed by atoms with Gasteiger partial charge in [0, 0.05) is 62.6 Å². The van der Waals surface area contributed by atoms with E-state index in [2.05, 4.69) is 34.9 Å². The Labute approximate surface area is 178 Å². The molecule has 1 aromatic carbocycles. The number of rotatable bonds is 5. The highest BCUT2D eigenvalue weighted by Gasteiger charge is 2.36. The van der Waals surface area contributed by atoms with Crippen molar-refractivity contribution in [3.8, 4) is 11.4 Å². The topological polar surface area (TPSA) is 59.8 Å². The van der Waals surface area contributed by atoms with Crippen LogP contribution >= 0.6 is 0 Å². The molecule has 2 aliphatic heterocycles. The van der Waals surface area contributed by atoms with E-state index in [0.29, 0.717) is 19.1 Å². The molecule has 7 heteroatoms. The molecule has 1 aromatic heterocycles. The highest BCUT2D eigenvalue weighted by Crippen LogP contribution is 2.26. The van der Waals surface area contributed by atoms with Gasteiger partial charge in [0.05, 0.1) is 13.3 Å². The summed E-state index contributed by atoms with van der Waals surface area (Å²) in [7, 11) is 1.67. The largest absolute Gasteiger partial charge is 0.494 e. The van der Waals surface area contributed by atoms with Crippen molar-refractivity contribution >= 4 is 5.91 Å². The zero-order chi connectivity index (χ0) is 21.1. The van der Waals surface area contributed by atoms with E-state index in [0.717, 1.165) is 49.5 Å². The van der Waals surface area contributed by atoms with E-state index in [4.69, 9.17) is 9.47 Å². The molecule has 0 unspecified atom stereocenters. The third-order valence-corrected chi connectivity index (χ3v) is 6.60. The predicted octanol–water partition coefficient (Wildman–Crippen LogP) is 2.73. The van der Waals surface area contributed by atoms with Gasteiger partial charge in [0.25, 0.3) is 0 Å². The van der Waals surface area contributed by atoms with E-state index in [9.17, 15) is 4.79 Å². The van der Waals surface area contributed by atoms with E-state index >= 15 is 0 Å². The van der Waals surface area contributed by atoms with Crippen molar-refractivity contribution in [3.05, 3.63) is 42.2 Å². The molecule has 0 spiro atoms. The van der Waals surface area contributed by atoms with Crippen LogP contribution in [-0.4, -0.2) is 71.0 Å². The van der Waals surface area contributed by atoms with Crippen LogP contribution in [0.1, 0.15) is 32.3 Å². The van der Waals surface area contributed by atoms with Crippen molar-refractivity contribution < 1.29 is 14.3 Å². The summed E-state index contributed by atoms with van der Waals surface area (Å²) in [6.45, 7) is 8.28. The molecule has 2 aliphatic rings. The first-order valence-corrected chi connectivity index (χ1v) is 10.9. The van der Waals surface area contributed by atoms with Crippen molar-refractivity contribution in [3.63, 3.8) is 0 Å². The Morgan fingerprint density at radius 2 is 1.93 bits per heavy atom. The minimum Gasteiger partial charge on any atom is -0.494 e. The van der Waals surface area contributed by atoms with E-state index in [1.54, 1.807) is 7.11 Å². The molecular formula is C23H32N4O3. The first-order chi connectivity index (χ1) is 14.6. The number of carbonyl (C=O) groups is 1. The lowest BCUT2D eigenvalue weighted by atomic mass is 9.95. The third kappa shape index (κ3) is 4.23. The molecule has 2 atom stereocenters. The van der Waals surface area contributed by atoms with E-state index in [-0.39, 0.29) is 18.0 Å². The summed E-state index contributed by atoms with van der Waals surface area (Å²) in [5.74, 6) is 1.23. The van der Waals surface area contributed by atoms with Gasteiger partial charge in [-0.25, -0.2) is 4.68 Å². The molecule has 1 amide bonds.